The monoisotopic (exact) mass is 417 g/mol. The number of aromatic nitrogens is 2. The molecule has 1 aromatic carbocycles. The fourth-order valence-electron chi connectivity index (χ4n) is 2.50. The first kappa shape index (κ1) is 20.9. The van der Waals surface area contributed by atoms with Crippen LogP contribution in [0.25, 0.3) is 0 Å². The van der Waals surface area contributed by atoms with Crippen molar-refractivity contribution in [1.82, 2.24) is 9.97 Å². The van der Waals surface area contributed by atoms with Crippen LogP contribution in [0.5, 0.6) is 11.6 Å². The molecule has 3 aromatic rings. The number of anilines is 3. The first-order valence-corrected chi connectivity index (χ1v) is 8.74. The largest absolute Gasteiger partial charge is 0.439 e. The van der Waals surface area contributed by atoms with Crippen LogP contribution in [-0.2, 0) is 5.92 Å². The van der Waals surface area contributed by atoms with Gasteiger partial charge in [-0.15, -0.1) is 0 Å². The van der Waals surface area contributed by atoms with Gasteiger partial charge in [-0.25, -0.2) is 27.9 Å². The van der Waals surface area contributed by atoms with Crippen LogP contribution in [0.4, 0.5) is 35.2 Å². The van der Waals surface area contributed by atoms with E-state index in [1.54, 1.807) is 19.1 Å². The van der Waals surface area contributed by atoms with E-state index in [1.165, 1.54) is 18.5 Å². The second-order valence-electron chi connectivity index (χ2n) is 6.52. The Balaban J connectivity index is 1.70. The summed E-state index contributed by atoms with van der Waals surface area (Å²) in [5.74, 6) is -3.02. The molecule has 0 radical (unpaired) electrons. The second-order valence-corrected chi connectivity index (χ2v) is 6.52. The molecule has 0 atom stereocenters. The lowest BCUT2D eigenvalue weighted by Gasteiger charge is -2.14. The number of hydrogen-bond donors (Lipinski definition) is 3. The number of aryl methyl sites for hydroxylation is 1. The molecule has 7 nitrogen and oxygen atoms in total. The summed E-state index contributed by atoms with van der Waals surface area (Å²) in [5.41, 5.74) is 5.73. The zero-order chi connectivity index (χ0) is 21.9. The number of hydrogen-bond acceptors (Lipinski definition) is 5. The topological polar surface area (TPSA) is 102 Å². The molecule has 2 aromatic heterocycles. The Morgan fingerprint density at radius 1 is 1.10 bits per heavy atom. The maximum absolute atomic E-state index is 13.9. The normalized spacial score (nSPS) is 11.1. The van der Waals surface area contributed by atoms with E-state index < -0.39 is 23.3 Å². The number of carbonyl (C=O) groups is 1. The highest BCUT2D eigenvalue weighted by Crippen LogP contribution is 2.30. The van der Waals surface area contributed by atoms with Crippen molar-refractivity contribution < 1.29 is 22.7 Å². The summed E-state index contributed by atoms with van der Waals surface area (Å²) in [6.07, 6.45) is 2.84. The molecule has 0 saturated heterocycles. The van der Waals surface area contributed by atoms with E-state index in [-0.39, 0.29) is 17.4 Å². The minimum atomic E-state index is -3.17. The molecule has 0 aliphatic rings. The molecule has 0 saturated carbocycles. The molecule has 0 spiro atoms. The smallest absolute Gasteiger partial charge is 0.323 e. The Labute approximate surface area is 170 Å². The summed E-state index contributed by atoms with van der Waals surface area (Å²) in [7, 11) is 0. The van der Waals surface area contributed by atoms with Gasteiger partial charge in [-0.2, -0.15) is 0 Å². The Morgan fingerprint density at radius 3 is 2.50 bits per heavy atom. The van der Waals surface area contributed by atoms with Crippen LogP contribution in [0.2, 0.25) is 0 Å². The van der Waals surface area contributed by atoms with Gasteiger partial charge >= 0.3 is 6.03 Å². The molecule has 4 N–H and O–H groups in total. The van der Waals surface area contributed by atoms with Gasteiger partial charge in [-0.1, -0.05) is 6.07 Å². The first-order chi connectivity index (χ1) is 14.1. The van der Waals surface area contributed by atoms with Crippen LogP contribution < -0.4 is 21.1 Å². The predicted octanol–water partition coefficient (Wildman–Crippen LogP) is 5.05. The Kier molecular flexibility index (Phi) is 5.77. The number of alkyl halides is 2. The zero-order valence-corrected chi connectivity index (χ0v) is 16.0. The van der Waals surface area contributed by atoms with Gasteiger partial charge in [0.1, 0.15) is 17.4 Å². The molecular weight excluding hydrogens is 399 g/mol. The fraction of sp³-hybridized carbons (Fsp3) is 0.150. The number of halogens is 3. The van der Waals surface area contributed by atoms with E-state index in [2.05, 4.69) is 20.6 Å². The average Bonchev–Trinajstić information content (AvgIpc) is 2.65. The van der Waals surface area contributed by atoms with Crippen molar-refractivity contribution >= 4 is 23.2 Å². The van der Waals surface area contributed by atoms with Crippen LogP contribution in [-0.4, -0.2) is 16.0 Å². The first-order valence-electron chi connectivity index (χ1n) is 8.74. The summed E-state index contributed by atoms with van der Waals surface area (Å²) in [6.45, 7) is 2.38. The number of urea groups is 1. The van der Waals surface area contributed by atoms with Crippen LogP contribution in [0.1, 0.15) is 18.1 Å². The zero-order valence-electron chi connectivity index (χ0n) is 16.0. The van der Waals surface area contributed by atoms with Crippen molar-refractivity contribution in [3.63, 3.8) is 0 Å². The third kappa shape index (κ3) is 5.16. The Bertz CT molecular complexity index is 1090. The lowest BCUT2D eigenvalue weighted by Crippen LogP contribution is -2.21. The average molecular weight is 417 g/mol. The maximum Gasteiger partial charge on any atom is 0.323 e. The van der Waals surface area contributed by atoms with Gasteiger partial charge in [0.05, 0.1) is 17.6 Å². The number of ether oxygens (including phenoxy) is 1. The molecule has 3 rings (SSSR count). The highest BCUT2D eigenvalue weighted by Gasteiger charge is 2.25. The molecule has 0 bridgehead atoms. The van der Waals surface area contributed by atoms with Crippen molar-refractivity contribution in [3.05, 3.63) is 65.7 Å². The highest BCUT2D eigenvalue weighted by atomic mass is 19.3. The molecule has 0 aliphatic heterocycles. The van der Waals surface area contributed by atoms with E-state index in [0.717, 1.165) is 18.2 Å². The van der Waals surface area contributed by atoms with E-state index in [1.807, 2.05) is 0 Å². The van der Waals surface area contributed by atoms with Gasteiger partial charge in [-0.05, 0) is 30.7 Å². The summed E-state index contributed by atoms with van der Waals surface area (Å²) >= 11 is 0. The number of nitrogens with two attached hydrogens (primary N) is 1. The molecule has 0 fully saturated rings. The van der Waals surface area contributed by atoms with E-state index in [9.17, 15) is 18.0 Å². The van der Waals surface area contributed by atoms with Crippen LogP contribution in [0.3, 0.4) is 0 Å². The predicted molar refractivity (Wildman–Crippen MR) is 106 cm³/mol. The van der Waals surface area contributed by atoms with E-state index in [4.69, 9.17) is 10.5 Å². The van der Waals surface area contributed by atoms with Crippen LogP contribution >= 0.6 is 0 Å². The van der Waals surface area contributed by atoms with Gasteiger partial charge < -0.3 is 21.1 Å². The third-order valence-electron chi connectivity index (χ3n) is 4.03. The fourth-order valence-corrected chi connectivity index (χ4v) is 2.50. The van der Waals surface area contributed by atoms with Crippen molar-refractivity contribution in [3.8, 4) is 11.6 Å². The van der Waals surface area contributed by atoms with E-state index >= 15 is 0 Å². The van der Waals surface area contributed by atoms with Gasteiger partial charge in [0, 0.05) is 30.8 Å². The van der Waals surface area contributed by atoms with Crippen LogP contribution in [0, 0.1) is 12.7 Å². The molecule has 30 heavy (non-hydrogen) atoms. The summed E-state index contributed by atoms with van der Waals surface area (Å²) in [6, 6.07) is 6.61. The van der Waals surface area contributed by atoms with Gasteiger partial charge in [0.15, 0.2) is 0 Å². The van der Waals surface area contributed by atoms with E-state index in [0.29, 0.717) is 23.9 Å². The molecular formula is C20H18F3N5O2. The van der Waals surface area contributed by atoms with Crippen molar-refractivity contribution in [2.45, 2.75) is 19.8 Å². The minimum Gasteiger partial charge on any atom is -0.439 e. The summed E-state index contributed by atoms with van der Waals surface area (Å²) in [5, 5.41) is 4.71. The van der Waals surface area contributed by atoms with Gasteiger partial charge in [-0.3, -0.25) is 0 Å². The van der Waals surface area contributed by atoms with Crippen molar-refractivity contribution in [1.29, 1.82) is 0 Å². The van der Waals surface area contributed by atoms with Crippen molar-refractivity contribution in [2.24, 2.45) is 0 Å². The third-order valence-corrected chi connectivity index (χ3v) is 4.03. The molecule has 0 aliphatic carbocycles. The number of carbonyl (C=O) groups excluding carboxylic acids is 1. The number of pyridine rings is 2. The Morgan fingerprint density at radius 2 is 1.83 bits per heavy atom. The maximum atomic E-state index is 13.9. The number of rotatable bonds is 5. The Hall–Kier alpha value is -3.82. The SMILES string of the molecule is Cc1cc(Oc2ccnc(N)c2)ncc1NC(=O)Nc1cc(C(C)(F)F)ccc1F. The molecule has 2 amide bonds. The molecule has 10 heteroatoms. The quantitative estimate of drug-likeness (QED) is 0.539. The van der Waals surface area contributed by atoms with Crippen molar-refractivity contribution in [2.75, 3.05) is 16.4 Å². The standard InChI is InChI=1S/C20H18F3N5O2/c1-11-7-18(30-13-5-6-25-17(24)9-13)26-10-16(11)28-19(29)27-15-8-12(20(2,22)23)3-4-14(15)21/h3-10H,1-2H3,(H2,24,25)(H2,27,28,29). The van der Waals surface area contributed by atoms with Gasteiger partial charge in [0.25, 0.3) is 5.92 Å². The number of benzene rings is 1. The lowest BCUT2D eigenvalue weighted by molar-refractivity contribution is 0.0174. The lowest BCUT2D eigenvalue weighted by atomic mass is 10.1. The number of nitrogens with one attached hydrogen (secondary N) is 2. The molecule has 0 unspecified atom stereocenters. The van der Waals surface area contributed by atoms with Gasteiger partial charge in [0.2, 0.25) is 5.88 Å². The summed E-state index contributed by atoms with van der Waals surface area (Å²) in [4.78, 5) is 20.2. The van der Waals surface area contributed by atoms with Crippen LogP contribution in [0.15, 0.2) is 48.8 Å². The number of nitrogen functional groups attached to an aromatic ring is 1. The minimum absolute atomic E-state index is 0.257. The highest BCUT2D eigenvalue weighted by molar-refractivity contribution is 6.00. The molecule has 2 heterocycles. The number of amides is 2. The number of nitrogens with zero attached hydrogens (tertiary/aromatic N) is 2. The second kappa shape index (κ2) is 8.27. The summed E-state index contributed by atoms with van der Waals surface area (Å²) < 4.78 is 46.3. The molecule has 156 valence electrons.